The van der Waals surface area contributed by atoms with Gasteiger partial charge in [0.15, 0.2) is 4.75 Å². The Labute approximate surface area is 218 Å². The number of hydroxylamine groups is 1. The number of piperidine rings is 1. The Kier molecular flexibility index (Phi) is 9.13. The first-order valence-corrected chi connectivity index (χ1v) is 14.9. The minimum absolute atomic E-state index is 0.174. The van der Waals surface area contributed by atoms with Crippen molar-refractivity contribution in [1.29, 1.82) is 0 Å². The zero-order valence-corrected chi connectivity index (χ0v) is 24.1. The molecule has 0 unspecified atom stereocenters. The lowest BCUT2D eigenvalue weighted by molar-refractivity contribution is -0.133. The molecule has 2 heterocycles. The van der Waals surface area contributed by atoms with Gasteiger partial charge in [0.05, 0.1) is 0 Å². The molecule has 1 aromatic carbocycles. The summed E-state index contributed by atoms with van der Waals surface area (Å²) in [5.74, 6) is -0.132. The Balaban J connectivity index is 1.85. The van der Waals surface area contributed by atoms with Gasteiger partial charge in [-0.2, -0.15) is 4.31 Å². The predicted octanol–water partition coefficient (Wildman–Crippen LogP) is 3.32. The molecule has 36 heavy (non-hydrogen) atoms. The van der Waals surface area contributed by atoms with Crippen LogP contribution in [0, 0.1) is 33.6 Å². The van der Waals surface area contributed by atoms with Crippen LogP contribution in [0.15, 0.2) is 0 Å². The number of benzene rings is 1. The lowest BCUT2D eigenvalue weighted by atomic mass is 9.85. The average Bonchev–Trinajstić information content (AvgIpc) is 2.88. The molecule has 0 atom stereocenters. The highest BCUT2D eigenvalue weighted by atomic mass is 32.2. The van der Waals surface area contributed by atoms with Crippen LogP contribution in [0.4, 0.5) is 5.69 Å². The van der Waals surface area contributed by atoms with Crippen molar-refractivity contribution in [3.05, 3.63) is 27.8 Å². The molecule has 2 saturated heterocycles. The lowest BCUT2D eigenvalue weighted by Crippen LogP contribution is -2.63. The normalized spacial score (nSPS) is 19.6. The van der Waals surface area contributed by atoms with E-state index in [1.807, 2.05) is 11.9 Å². The van der Waals surface area contributed by atoms with Gasteiger partial charge in [0.1, 0.15) is 0 Å². The number of anilines is 1. The van der Waals surface area contributed by atoms with E-state index in [-0.39, 0.29) is 12.8 Å². The van der Waals surface area contributed by atoms with Crippen molar-refractivity contribution < 1.29 is 18.4 Å². The van der Waals surface area contributed by atoms with Gasteiger partial charge < -0.3 is 9.80 Å². The van der Waals surface area contributed by atoms with Gasteiger partial charge in [-0.1, -0.05) is 26.7 Å². The summed E-state index contributed by atoms with van der Waals surface area (Å²) >= 11 is 0. The summed E-state index contributed by atoms with van der Waals surface area (Å²) in [6.07, 6.45) is 3.80. The van der Waals surface area contributed by atoms with E-state index in [1.54, 1.807) is 5.48 Å². The van der Waals surface area contributed by atoms with E-state index >= 15 is 0 Å². The first-order chi connectivity index (χ1) is 16.9. The maximum Gasteiger partial charge on any atom is 0.266 e. The van der Waals surface area contributed by atoms with Crippen molar-refractivity contribution in [3.63, 3.8) is 0 Å². The van der Waals surface area contributed by atoms with Crippen molar-refractivity contribution in [1.82, 2.24) is 14.7 Å². The molecule has 2 N–H and O–H groups in total. The molecular weight excluding hydrogens is 476 g/mol. The molecule has 0 saturated carbocycles. The van der Waals surface area contributed by atoms with Crippen LogP contribution in [-0.4, -0.2) is 79.8 Å². The smallest absolute Gasteiger partial charge is 0.266 e. The largest absolute Gasteiger partial charge is 0.368 e. The molecule has 8 nitrogen and oxygen atoms in total. The first-order valence-electron chi connectivity index (χ1n) is 13.4. The standard InChI is InChI=1S/C27H46N4O4S/c1-8-23(9-2)18-24-19(3)21(5)25(22(6)20(24)4)30-14-16-31(17-15-30)36(34,35)27(26(32)28-33)10-12-29(7)13-11-27/h23,33H,8-18H2,1-7H3,(H,28,32). The SMILES string of the molecule is CCC(CC)Cc1c(C)c(C)c(N2CCN(S(=O)(=O)C3(C(=O)NO)CCN(C)CC3)CC2)c(C)c1C. The number of hydrogen-bond donors (Lipinski definition) is 2. The molecule has 2 fully saturated rings. The highest BCUT2D eigenvalue weighted by Crippen LogP contribution is 2.38. The van der Waals surface area contributed by atoms with Crippen molar-refractivity contribution >= 4 is 21.6 Å². The van der Waals surface area contributed by atoms with Crippen LogP contribution in [-0.2, 0) is 21.2 Å². The zero-order chi connectivity index (χ0) is 26.8. The third-order valence-electron chi connectivity index (χ3n) is 9.09. The molecule has 3 rings (SSSR count). The molecule has 1 aromatic rings. The Morgan fingerprint density at radius 1 is 0.917 bits per heavy atom. The average molecular weight is 523 g/mol. The molecular formula is C27H46N4O4S. The summed E-state index contributed by atoms with van der Waals surface area (Å²) in [6, 6.07) is 0. The highest BCUT2D eigenvalue weighted by Gasteiger charge is 2.54. The molecule has 2 aliphatic rings. The number of hydrogen-bond acceptors (Lipinski definition) is 6. The van der Waals surface area contributed by atoms with Crippen molar-refractivity contribution in [2.75, 3.05) is 51.2 Å². The Morgan fingerprint density at radius 3 is 1.86 bits per heavy atom. The van der Waals surface area contributed by atoms with E-state index in [9.17, 15) is 18.4 Å². The predicted molar refractivity (Wildman–Crippen MR) is 145 cm³/mol. The maximum atomic E-state index is 13.8. The highest BCUT2D eigenvalue weighted by molar-refractivity contribution is 7.91. The third-order valence-corrected chi connectivity index (χ3v) is 11.7. The number of nitrogens with one attached hydrogen (secondary N) is 1. The Hall–Kier alpha value is -1.68. The summed E-state index contributed by atoms with van der Waals surface area (Å²) in [5, 5.41) is 9.39. The van der Waals surface area contributed by atoms with Crippen LogP contribution in [0.25, 0.3) is 0 Å². The fourth-order valence-electron chi connectivity index (χ4n) is 6.10. The van der Waals surface area contributed by atoms with E-state index in [1.165, 1.54) is 50.7 Å². The summed E-state index contributed by atoms with van der Waals surface area (Å²) < 4.78 is 27.4. The topological polar surface area (TPSA) is 93.2 Å². The van der Waals surface area contributed by atoms with Crippen LogP contribution in [0.1, 0.15) is 67.3 Å². The van der Waals surface area contributed by atoms with E-state index in [2.05, 4.69) is 46.4 Å². The summed E-state index contributed by atoms with van der Waals surface area (Å²) in [7, 11) is -2.03. The zero-order valence-electron chi connectivity index (χ0n) is 23.3. The number of carbonyl (C=O) groups excluding carboxylic acids is 1. The fraction of sp³-hybridized carbons (Fsp3) is 0.741. The molecule has 9 heteroatoms. The second kappa shape index (κ2) is 11.4. The van der Waals surface area contributed by atoms with Crippen LogP contribution < -0.4 is 10.4 Å². The van der Waals surface area contributed by atoms with Gasteiger partial charge in [-0.05, 0) is 101 Å². The van der Waals surface area contributed by atoms with E-state index < -0.39 is 20.7 Å². The van der Waals surface area contributed by atoms with E-state index in [4.69, 9.17) is 0 Å². The number of piperazine rings is 1. The molecule has 0 bridgehead atoms. The lowest BCUT2D eigenvalue weighted by Gasteiger charge is -2.44. The molecule has 204 valence electrons. The van der Waals surface area contributed by atoms with Crippen LogP contribution in [0.3, 0.4) is 0 Å². The van der Waals surface area contributed by atoms with E-state index in [0.29, 0.717) is 45.2 Å². The van der Waals surface area contributed by atoms with Crippen molar-refractivity contribution in [2.45, 2.75) is 78.4 Å². The second-order valence-electron chi connectivity index (χ2n) is 10.8. The molecule has 1 amide bonds. The number of likely N-dealkylation sites (tertiary alicyclic amines) is 1. The third kappa shape index (κ3) is 5.04. The monoisotopic (exact) mass is 522 g/mol. The van der Waals surface area contributed by atoms with Crippen molar-refractivity contribution in [3.8, 4) is 0 Å². The fourth-order valence-corrected chi connectivity index (χ4v) is 8.22. The van der Waals surface area contributed by atoms with Gasteiger partial charge in [0.25, 0.3) is 5.91 Å². The summed E-state index contributed by atoms with van der Waals surface area (Å²) in [5.41, 5.74) is 9.58. The number of rotatable bonds is 8. The quantitative estimate of drug-likeness (QED) is 0.402. The van der Waals surface area contributed by atoms with Crippen molar-refractivity contribution in [2.24, 2.45) is 5.92 Å². The van der Waals surface area contributed by atoms with Crippen LogP contribution in [0.2, 0.25) is 0 Å². The van der Waals surface area contributed by atoms with Gasteiger partial charge in [-0.15, -0.1) is 0 Å². The van der Waals surface area contributed by atoms with Gasteiger partial charge in [0, 0.05) is 31.9 Å². The van der Waals surface area contributed by atoms with Crippen LogP contribution >= 0.6 is 0 Å². The van der Waals surface area contributed by atoms with Gasteiger partial charge in [0.2, 0.25) is 10.0 Å². The van der Waals surface area contributed by atoms with Gasteiger partial charge in [-0.25, -0.2) is 13.9 Å². The number of sulfonamides is 1. The Bertz CT molecular complexity index is 1020. The minimum atomic E-state index is -3.94. The van der Waals surface area contributed by atoms with E-state index in [0.717, 1.165) is 6.42 Å². The summed E-state index contributed by atoms with van der Waals surface area (Å²) in [6.45, 7) is 16.1. The molecule has 2 aliphatic heterocycles. The second-order valence-corrected chi connectivity index (χ2v) is 13.1. The molecule has 0 radical (unpaired) electrons. The number of carbonyl (C=O) groups is 1. The Morgan fingerprint density at radius 2 is 1.42 bits per heavy atom. The summed E-state index contributed by atoms with van der Waals surface area (Å²) in [4.78, 5) is 17.0. The first kappa shape index (κ1) is 28.9. The minimum Gasteiger partial charge on any atom is -0.368 e. The van der Waals surface area contributed by atoms with Gasteiger partial charge >= 0.3 is 0 Å². The number of nitrogens with zero attached hydrogens (tertiary/aromatic N) is 3. The van der Waals surface area contributed by atoms with Crippen LogP contribution in [0.5, 0.6) is 0 Å². The molecule has 0 aromatic heterocycles. The molecule has 0 aliphatic carbocycles. The molecule has 0 spiro atoms. The van der Waals surface area contributed by atoms with Gasteiger partial charge in [-0.3, -0.25) is 10.0 Å². The maximum absolute atomic E-state index is 13.8. The number of amides is 1.